The average Bonchev–Trinajstić information content (AvgIpc) is 2.74. The molecule has 2 unspecified atom stereocenters. The third-order valence-corrected chi connectivity index (χ3v) is 6.15. The number of carbonyl (C=O) groups excluding carboxylic acids is 1. The highest BCUT2D eigenvalue weighted by Gasteiger charge is 2.39. The van der Waals surface area contributed by atoms with Crippen molar-refractivity contribution in [2.24, 2.45) is 11.8 Å². The SMILES string of the molecule is CC(C)(C)OC(=O)N1CC(C(O)c2ccc(F)c(F)c2)C1.O=C(O)N1CC(C(F)c2ccc(F)c(F)c2)C1. The third kappa shape index (κ3) is 7.12. The van der Waals surface area contributed by atoms with E-state index in [2.05, 4.69) is 0 Å². The lowest BCUT2D eigenvalue weighted by Crippen LogP contribution is -2.53. The number of rotatable bonds is 4. The van der Waals surface area contributed by atoms with Crippen molar-refractivity contribution in [1.29, 1.82) is 0 Å². The van der Waals surface area contributed by atoms with E-state index in [1.165, 1.54) is 17.0 Å². The first-order chi connectivity index (χ1) is 17.7. The summed E-state index contributed by atoms with van der Waals surface area (Å²) in [5.41, 5.74) is -0.220. The fraction of sp³-hybridized carbons (Fsp3) is 0.462. The minimum atomic E-state index is -1.47. The minimum Gasteiger partial charge on any atom is -0.465 e. The van der Waals surface area contributed by atoms with Gasteiger partial charge in [0.25, 0.3) is 0 Å². The summed E-state index contributed by atoms with van der Waals surface area (Å²) in [5, 5.41) is 18.7. The molecular formula is C26H29F5N2O5. The van der Waals surface area contributed by atoms with Gasteiger partial charge in [0.05, 0.1) is 6.10 Å². The topological polar surface area (TPSA) is 90.3 Å². The lowest BCUT2D eigenvalue weighted by Gasteiger charge is -2.42. The first kappa shape index (κ1) is 29.2. The van der Waals surface area contributed by atoms with Crippen LogP contribution in [-0.2, 0) is 4.74 Å². The van der Waals surface area contributed by atoms with Crippen molar-refractivity contribution >= 4 is 12.2 Å². The molecule has 2 aliphatic rings. The Balaban J connectivity index is 0.000000215. The van der Waals surface area contributed by atoms with Gasteiger partial charge in [-0.1, -0.05) is 12.1 Å². The molecule has 2 atom stereocenters. The van der Waals surface area contributed by atoms with Crippen LogP contribution in [0.25, 0.3) is 0 Å². The van der Waals surface area contributed by atoms with Gasteiger partial charge in [0.2, 0.25) is 0 Å². The van der Waals surface area contributed by atoms with E-state index >= 15 is 0 Å². The smallest absolute Gasteiger partial charge is 0.410 e. The van der Waals surface area contributed by atoms with Gasteiger partial charge < -0.3 is 24.7 Å². The number of hydrogen-bond donors (Lipinski definition) is 2. The summed E-state index contributed by atoms with van der Waals surface area (Å²) < 4.78 is 70.6. The molecule has 0 saturated carbocycles. The molecule has 208 valence electrons. The summed E-state index contributed by atoms with van der Waals surface area (Å²) in [5.74, 6) is -4.76. The zero-order valence-electron chi connectivity index (χ0n) is 21.0. The number of hydrogen-bond acceptors (Lipinski definition) is 4. The largest absolute Gasteiger partial charge is 0.465 e. The summed E-state index contributed by atoms with van der Waals surface area (Å²) in [4.78, 5) is 24.8. The number of carboxylic acid groups (broad SMARTS) is 1. The normalized spacial score (nSPS) is 17.5. The van der Waals surface area contributed by atoms with Gasteiger partial charge in [-0.15, -0.1) is 0 Å². The first-order valence-electron chi connectivity index (χ1n) is 11.8. The number of aliphatic hydroxyl groups excluding tert-OH is 1. The quantitative estimate of drug-likeness (QED) is 0.500. The Morgan fingerprint density at radius 1 is 0.842 bits per heavy atom. The molecule has 2 aromatic carbocycles. The summed E-state index contributed by atoms with van der Waals surface area (Å²) in [7, 11) is 0. The van der Waals surface area contributed by atoms with E-state index in [9.17, 15) is 36.6 Å². The molecule has 0 spiro atoms. The molecule has 2 amide bonds. The van der Waals surface area contributed by atoms with Crippen LogP contribution in [0.4, 0.5) is 31.5 Å². The molecule has 0 bridgehead atoms. The van der Waals surface area contributed by atoms with Gasteiger partial charge in [-0.2, -0.15) is 0 Å². The summed E-state index contributed by atoms with van der Waals surface area (Å²) in [6, 6.07) is 6.16. The summed E-state index contributed by atoms with van der Waals surface area (Å²) in [6.45, 7) is 6.14. The zero-order chi connectivity index (χ0) is 28.4. The molecule has 2 saturated heterocycles. The summed E-state index contributed by atoms with van der Waals surface area (Å²) >= 11 is 0. The maximum Gasteiger partial charge on any atom is 0.410 e. The van der Waals surface area contributed by atoms with Crippen molar-refractivity contribution in [3.8, 4) is 0 Å². The fourth-order valence-electron chi connectivity index (χ4n) is 3.97. The highest BCUT2D eigenvalue weighted by molar-refractivity contribution is 5.69. The monoisotopic (exact) mass is 544 g/mol. The minimum absolute atomic E-state index is 0.0407. The van der Waals surface area contributed by atoms with E-state index in [1.54, 1.807) is 20.8 Å². The van der Waals surface area contributed by atoms with Gasteiger partial charge >= 0.3 is 12.2 Å². The number of carbonyl (C=O) groups is 2. The molecular weight excluding hydrogens is 515 g/mol. The second kappa shape index (κ2) is 11.5. The standard InChI is InChI=1S/C15H19F2NO3.C11H10F3NO2/c1-15(2,3)21-14(20)18-7-10(8-18)13(19)9-4-5-11(16)12(17)6-9;12-8-2-1-6(3-9(8)13)10(14)7-4-15(5-7)11(16)17/h4-6,10,13,19H,7-8H2,1-3H3;1-3,7,10H,4-5H2,(H,16,17). The maximum atomic E-state index is 13.8. The Labute approximate surface area is 216 Å². The predicted molar refractivity (Wildman–Crippen MR) is 126 cm³/mol. The average molecular weight is 545 g/mol. The molecule has 0 aromatic heterocycles. The zero-order valence-corrected chi connectivity index (χ0v) is 21.0. The lowest BCUT2D eigenvalue weighted by molar-refractivity contribution is -0.0315. The molecule has 0 radical (unpaired) electrons. The molecule has 2 fully saturated rings. The van der Waals surface area contributed by atoms with Crippen molar-refractivity contribution in [2.45, 2.75) is 38.6 Å². The Morgan fingerprint density at radius 2 is 1.32 bits per heavy atom. The van der Waals surface area contributed by atoms with Gasteiger partial charge in [-0.05, 0) is 56.2 Å². The molecule has 2 aliphatic heterocycles. The van der Waals surface area contributed by atoms with Crippen molar-refractivity contribution in [3.05, 3.63) is 70.8 Å². The van der Waals surface area contributed by atoms with Crippen LogP contribution in [0, 0.1) is 35.1 Å². The fourth-order valence-corrected chi connectivity index (χ4v) is 3.97. The van der Waals surface area contributed by atoms with Crippen molar-refractivity contribution < 1.29 is 46.5 Å². The number of ether oxygens (including phenoxy) is 1. The van der Waals surface area contributed by atoms with Gasteiger partial charge in [0.1, 0.15) is 11.8 Å². The van der Waals surface area contributed by atoms with E-state index in [0.717, 1.165) is 29.2 Å². The Morgan fingerprint density at radius 3 is 1.79 bits per heavy atom. The molecule has 12 heteroatoms. The molecule has 2 aromatic rings. The van der Waals surface area contributed by atoms with Crippen LogP contribution in [0.5, 0.6) is 0 Å². The van der Waals surface area contributed by atoms with E-state index in [4.69, 9.17) is 9.84 Å². The number of benzene rings is 2. The Bertz CT molecular complexity index is 1160. The molecule has 7 nitrogen and oxygen atoms in total. The second-order valence-electron chi connectivity index (χ2n) is 10.3. The van der Waals surface area contributed by atoms with Crippen molar-refractivity contribution in [2.75, 3.05) is 26.2 Å². The number of nitrogens with zero attached hydrogens (tertiary/aromatic N) is 2. The number of aliphatic hydroxyl groups is 1. The molecule has 2 N–H and O–H groups in total. The first-order valence-corrected chi connectivity index (χ1v) is 11.8. The Kier molecular flexibility index (Phi) is 8.86. The van der Waals surface area contributed by atoms with Gasteiger partial charge in [0, 0.05) is 38.0 Å². The maximum absolute atomic E-state index is 13.8. The van der Waals surface area contributed by atoms with Crippen LogP contribution in [-0.4, -0.2) is 64.0 Å². The highest BCUT2D eigenvalue weighted by Crippen LogP contribution is 2.34. The van der Waals surface area contributed by atoms with E-state index in [0.29, 0.717) is 18.7 Å². The molecule has 2 heterocycles. The predicted octanol–water partition coefficient (Wildman–Crippen LogP) is 5.45. The van der Waals surface area contributed by atoms with Crippen LogP contribution in [0.2, 0.25) is 0 Å². The number of halogens is 5. The number of likely N-dealkylation sites (tertiary alicyclic amines) is 2. The molecule has 38 heavy (non-hydrogen) atoms. The van der Waals surface area contributed by atoms with Crippen LogP contribution in [0.15, 0.2) is 36.4 Å². The summed E-state index contributed by atoms with van der Waals surface area (Å²) in [6.07, 6.45) is -3.94. The van der Waals surface area contributed by atoms with Crippen molar-refractivity contribution in [3.63, 3.8) is 0 Å². The van der Waals surface area contributed by atoms with Crippen LogP contribution >= 0.6 is 0 Å². The van der Waals surface area contributed by atoms with Crippen LogP contribution < -0.4 is 0 Å². The van der Waals surface area contributed by atoms with E-state index in [-0.39, 0.29) is 24.6 Å². The van der Waals surface area contributed by atoms with E-state index in [1.807, 2.05) is 0 Å². The lowest BCUT2D eigenvalue weighted by atomic mass is 9.89. The van der Waals surface area contributed by atoms with Crippen molar-refractivity contribution in [1.82, 2.24) is 9.80 Å². The van der Waals surface area contributed by atoms with Gasteiger partial charge in [-0.25, -0.2) is 31.5 Å². The number of alkyl halides is 1. The highest BCUT2D eigenvalue weighted by atomic mass is 19.2. The Hall–Kier alpha value is -3.41. The number of amides is 2. The molecule has 4 rings (SSSR count). The third-order valence-electron chi connectivity index (χ3n) is 6.15. The second-order valence-corrected chi connectivity index (χ2v) is 10.3. The van der Waals surface area contributed by atoms with Gasteiger partial charge in [0.15, 0.2) is 23.3 Å². The van der Waals surface area contributed by atoms with E-state index < -0.39 is 59.2 Å². The molecule has 0 aliphatic carbocycles. The van der Waals surface area contributed by atoms with Crippen LogP contribution in [0.1, 0.15) is 44.2 Å². The van der Waals surface area contributed by atoms with Gasteiger partial charge in [-0.3, -0.25) is 0 Å². The van der Waals surface area contributed by atoms with Crippen LogP contribution in [0.3, 0.4) is 0 Å².